The highest BCUT2D eigenvalue weighted by Gasteiger charge is 2.09. The summed E-state index contributed by atoms with van der Waals surface area (Å²) in [5, 5.41) is 6.15. The summed E-state index contributed by atoms with van der Waals surface area (Å²) in [6, 6.07) is 15.3. The van der Waals surface area contributed by atoms with Crippen molar-refractivity contribution in [3.63, 3.8) is 0 Å². The quantitative estimate of drug-likeness (QED) is 0.783. The monoisotopic (exact) mass is 265 g/mol. The summed E-state index contributed by atoms with van der Waals surface area (Å²) in [5.74, 6) is 1.05. The molecule has 1 atom stereocenters. The standard InChI is InChI=1S/C17H19N3/c1-13(19-12-17-18-10-11-20(17)2)15-9-5-7-14-6-3-4-8-16(14)15/h3-11,13,19H,12H2,1-2H3. The van der Waals surface area contributed by atoms with Crippen molar-refractivity contribution in [1.29, 1.82) is 0 Å². The maximum absolute atomic E-state index is 4.34. The molecule has 3 rings (SSSR count). The van der Waals surface area contributed by atoms with Gasteiger partial charge in [0.1, 0.15) is 5.82 Å². The van der Waals surface area contributed by atoms with Crippen molar-refractivity contribution in [2.45, 2.75) is 19.5 Å². The maximum Gasteiger partial charge on any atom is 0.122 e. The van der Waals surface area contributed by atoms with E-state index in [1.54, 1.807) is 0 Å². The van der Waals surface area contributed by atoms with Crippen LogP contribution in [0.5, 0.6) is 0 Å². The van der Waals surface area contributed by atoms with Gasteiger partial charge in [0.2, 0.25) is 0 Å². The third kappa shape index (κ3) is 2.45. The molecule has 1 N–H and O–H groups in total. The molecule has 1 unspecified atom stereocenters. The molecule has 0 saturated heterocycles. The van der Waals surface area contributed by atoms with Crippen molar-refractivity contribution in [3.05, 3.63) is 66.2 Å². The van der Waals surface area contributed by atoms with Gasteiger partial charge in [-0.3, -0.25) is 0 Å². The Hall–Kier alpha value is -2.13. The van der Waals surface area contributed by atoms with Crippen LogP contribution >= 0.6 is 0 Å². The summed E-state index contributed by atoms with van der Waals surface area (Å²) in [5.41, 5.74) is 1.33. The molecule has 0 saturated carbocycles. The third-order valence-corrected chi connectivity index (χ3v) is 3.78. The highest BCUT2D eigenvalue weighted by molar-refractivity contribution is 5.86. The molecule has 0 amide bonds. The van der Waals surface area contributed by atoms with Gasteiger partial charge in [0, 0.05) is 25.5 Å². The SMILES string of the molecule is CC(NCc1nccn1C)c1cccc2ccccc12. The second-order valence-electron chi connectivity index (χ2n) is 5.13. The first-order chi connectivity index (χ1) is 9.75. The van der Waals surface area contributed by atoms with Crippen molar-refractivity contribution >= 4 is 10.8 Å². The number of benzene rings is 2. The first-order valence-electron chi connectivity index (χ1n) is 6.93. The Morgan fingerprint density at radius 3 is 2.75 bits per heavy atom. The zero-order valence-corrected chi connectivity index (χ0v) is 11.9. The molecular weight excluding hydrogens is 246 g/mol. The van der Waals surface area contributed by atoms with E-state index < -0.39 is 0 Å². The average Bonchev–Trinajstić information content (AvgIpc) is 2.89. The average molecular weight is 265 g/mol. The van der Waals surface area contributed by atoms with Crippen LogP contribution in [0.4, 0.5) is 0 Å². The van der Waals surface area contributed by atoms with Gasteiger partial charge in [0.15, 0.2) is 0 Å². The van der Waals surface area contributed by atoms with Gasteiger partial charge >= 0.3 is 0 Å². The first-order valence-corrected chi connectivity index (χ1v) is 6.93. The Balaban J connectivity index is 1.82. The molecule has 2 aromatic carbocycles. The molecule has 0 radical (unpaired) electrons. The lowest BCUT2D eigenvalue weighted by atomic mass is 10.00. The maximum atomic E-state index is 4.34. The van der Waals surface area contributed by atoms with Gasteiger partial charge in [0.05, 0.1) is 6.54 Å². The Bertz CT molecular complexity index is 710. The van der Waals surface area contributed by atoms with E-state index in [9.17, 15) is 0 Å². The van der Waals surface area contributed by atoms with Crippen LogP contribution in [0.2, 0.25) is 0 Å². The van der Waals surface area contributed by atoms with Crippen LogP contribution in [-0.4, -0.2) is 9.55 Å². The second kappa shape index (κ2) is 5.47. The van der Waals surface area contributed by atoms with Crippen molar-refractivity contribution in [3.8, 4) is 0 Å². The number of hydrogen-bond acceptors (Lipinski definition) is 2. The summed E-state index contributed by atoms with van der Waals surface area (Å²) in [6.07, 6.45) is 3.80. The minimum absolute atomic E-state index is 0.290. The van der Waals surface area contributed by atoms with Crippen LogP contribution in [0.15, 0.2) is 54.9 Å². The van der Waals surface area contributed by atoms with Crippen molar-refractivity contribution in [2.75, 3.05) is 0 Å². The molecule has 3 heteroatoms. The van der Waals surface area contributed by atoms with E-state index in [1.165, 1.54) is 16.3 Å². The normalized spacial score (nSPS) is 12.7. The summed E-state index contributed by atoms with van der Waals surface area (Å²) in [4.78, 5) is 4.34. The number of aryl methyl sites for hydroxylation is 1. The summed E-state index contributed by atoms with van der Waals surface area (Å²) >= 11 is 0. The number of fused-ring (bicyclic) bond motifs is 1. The van der Waals surface area contributed by atoms with Gasteiger partial charge < -0.3 is 9.88 Å². The van der Waals surface area contributed by atoms with E-state index >= 15 is 0 Å². The molecule has 0 aliphatic heterocycles. The van der Waals surface area contributed by atoms with E-state index in [4.69, 9.17) is 0 Å². The first kappa shape index (κ1) is 12.9. The Kier molecular flexibility index (Phi) is 3.52. The van der Waals surface area contributed by atoms with E-state index in [1.807, 2.05) is 24.0 Å². The van der Waals surface area contributed by atoms with Crippen LogP contribution in [0.1, 0.15) is 24.4 Å². The van der Waals surface area contributed by atoms with Gasteiger partial charge in [-0.05, 0) is 23.3 Å². The van der Waals surface area contributed by atoms with Crippen LogP contribution in [0, 0.1) is 0 Å². The molecule has 1 aromatic heterocycles. The second-order valence-corrected chi connectivity index (χ2v) is 5.13. The smallest absolute Gasteiger partial charge is 0.122 e. The van der Waals surface area contributed by atoms with E-state index in [-0.39, 0.29) is 6.04 Å². The van der Waals surface area contributed by atoms with Gasteiger partial charge in [-0.15, -0.1) is 0 Å². The van der Waals surface area contributed by atoms with E-state index in [0.29, 0.717) is 0 Å². The number of rotatable bonds is 4. The lowest BCUT2D eigenvalue weighted by Gasteiger charge is -2.16. The molecule has 0 bridgehead atoms. The van der Waals surface area contributed by atoms with Crippen molar-refractivity contribution in [2.24, 2.45) is 7.05 Å². The fourth-order valence-electron chi connectivity index (χ4n) is 2.55. The van der Waals surface area contributed by atoms with Crippen LogP contribution < -0.4 is 5.32 Å². The van der Waals surface area contributed by atoms with Crippen molar-refractivity contribution in [1.82, 2.24) is 14.9 Å². The number of nitrogens with one attached hydrogen (secondary N) is 1. The lowest BCUT2D eigenvalue weighted by molar-refractivity contribution is 0.552. The van der Waals surface area contributed by atoms with Crippen molar-refractivity contribution < 1.29 is 0 Å². The molecule has 1 heterocycles. The minimum Gasteiger partial charge on any atom is -0.337 e. The zero-order valence-electron chi connectivity index (χ0n) is 11.9. The molecule has 0 aliphatic carbocycles. The van der Waals surface area contributed by atoms with Gasteiger partial charge in [-0.25, -0.2) is 4.98 Å². The van der Waals surface area contributed by atoms with E-state index in [2.05, 4.69) is 59.7 Å². The third-order valence-electron chi connectivity index (χ3n) is 3.78. The number of imidazole rings is 1. The number of nitrogens with zero attached hydrogens (tertiary/aromatic N) is 2. The molecular formula is C17H19N3. The Labute approximate surface area is 119 Å². The van der Waals surface area contributed by atoms with Crippen LogP contribution in [0.25, 0.3) is 10.8 Å². The summed E-state index contributed by atoms with van der Waals surface area (Å²) < 4.78 is 2.04. The largest absolute Gasteiger partial charge is 0.337 e. The van der Waals surface area contributed by atoms with Crippen LogP contribution in [0.3, 0.4) is 0 Å². The molecule has 20 heavy (non-hydrogen) atoms. The summed E-state index contributed by atoms with van der Waals surface area (Å²) in [6.45, 7) is 2.97. The zero-order chi connectivity index (χ0) is 13.9. The molecule has 3 nitrogen and oxygen atoms in total. The fraction of sp³-hybridized carbons (Fsp3) is 0.235. The topological polar surface area (TPSA) is 29.9 Å². The minimum atomic E-state index is 0.290. The molecule has 0 aliphatic rings. The molecule has 3 aromatic rings. The Morgan fingerprint density at radius 2 is 1.95 bits per heavy atom. The number of aromatic nitrogens is 2. The lowest BCUT2D eigenvalue weighted by Crippen LogP contribution is -2.20. The highest BCUT2D eigenvalue weighted by atomic mass is 15.1. The molecule has 0 spiro atoms. The summed E-state index contributed by atoms with van der Waals surface area (Å²) in [7, 11) is 2.02. The molecule has 0 fully saturated rings. The predicted molar refractivity (Wildman–Crippen MR) is 82.4 cm³/mol. The van der Waals surface area contributed by atoms with E-state index in [0.717, 1.165) is 12.4 Å². The fourth-order valence-corrected chi connectivity index (χ4v) is 2.55. The predicted octanol–water partition coefficient (Wildman–Crippen LogP) is 3.42. The molecule has 102 valence electrons. The van der Waals surface area contributed by atoms with Crippen LogP contribution in [-0.2, 0) is 13.6 Å². The highest BCUT2D eigenvalue weighted by Crippen LogP contribution is 2.24. The number of hydrogen-bond donors (Lipinski definition) is 1. The van der Waals surface area contributed by atoms with Gasteiger partial charge in [-0.2, -0.15) is 0 Å². The van der Waals surface area contributed by atoms with Gasteiger partial charge in [-0.1, -0.05) is 42.5 Å². The Morgan fingerprint density at radius 1 is 1.15 bits per heavy atom. The van der Waals surface area contributed by atoms with Gasteiger partial charge in [0.25, 0.3) is 0 Å².